The van der Waals surface area contributed by atoms with E-state index in [0.29, 0.717) is 31.5 Å². The summed E-state index contributed by atoms with van der Waals surface area (Å²) in [5.41, 5.74) is 2.95. The van der Waals surface area contributed by atoms with E-state index in [1.165, 1.54) is 5.56 Å². The fraction of sp³-hybridized carbons (Fsp3) is 0.458. The first-order valence-electron chi connectivity index (χ1n) is 11.3. The van der Waals surface area contributed by atoms with E-state index in [0.717, 1.165) is 43.6 Å². The largest absolute Gasteiger partial charge is 0.336 e. The molecule has 1 aromatic heterocycles. The van der Waals surface area contributed by atoms with Crippen molar-refractivity contribution in [3.63, 3.8) is 0 Å². The maximum absolute atomic E-state index is 13.6. The van der Waals surface area contributed by atoms with Crippen molar-refractivity contribution in [1.82, 2.24) is 20.1 Å². The number of pyridine rings is 1. The maximum atomic E-state index is 13.6. The molecule has 0 radical (unpaired) electrons. The summed E-state index contributed by atoms with van der Waals surface area (Å²) in [5, 5.41) is 2.85. The summed E-state index contributed by atoms with van der Waals surface area (Å²) >= 11 is 0. The van der Waals surface area contributed by atoms with Gasteiger partial charge in [-0.1, -0.05) is 18.2 Å². The number of hydrogen-bond donors (Lipinski definition) is 1. The van der Waals surface area contributed by atoms with Crippen LogP contribution < -0.4 is 10.2 Å². The highest BCUT2D eigenvalue weighted by molar-refractivity contribution is 5.94. The Hall–Kier alpha value is -2.93. The van der Waals surface area contributed by atoms with Gasteiger partial charge >= 0.3 is 6.03 Å². The first-order valence-corrected chi connectivity index (χ1v) is 11.3. The van der Waals surface area contributed by atoms with Gasteiger partial charge in [-0.15, -0.1) is 0 Å². The average Bonchev–Trinajstić information content (AvgIpc) is 3.53. The Morgan fingerprint density at radius 3 is 2.74 bits per heavy atom. The van der Waals surface area contributed by atoms with Crippen LogP contribution in [0.15, 0.2) is 48.8 Å². The number of nitrogens with zero attached hydrogens (tertiary/aromatic N) is 4. The molecule has 0 unspecified atom stereocenters. The van der Waals surface area contributed by atoms with Crippen molar-refractivity contribution in [1.29, 1.82) is 0 Å². The number of rotatable bonds is 4. The molecule has 3 atom stereocenters. The molecule has 7 nitrogen and oxygen atoms in total. The molecule has 4 saturated heterocycles. The van der Waals surface area contributed by atoms with Crippen LogP contribution in [0.2, 0.25) is 0 Å². The normalized spacial score (nSPS) is 30.1. The SMILES string of the molecule is O=C1NCCN1c1ccc([C@@H]2C[C@H]3CN(Cc4cccnc4)C(=O)[C@]34CCCN24)cc1. The Balaban J connectivity index is 1.23. The molecule has 3 amide bonds. The second-order valence-corrected chi connectivity index (χ2v) is 9.19. The molecule has 160 valence electrons. The van der Waals surface area contributed by atoms with E-state index in [1.807, 2.05) is 35.4 Å². The van der Waals surface area contributed by atoms with Crippen molar-refractivity contribution in [2.45, 2.75) is 37.4 Å². The highest BCUT2D eigenvalue weighted by Crippen LogP contribution is 2.56. The van der Waals surface area contributed by atoms with Gasteiger partial charge in [-0.25, -0.2) is 4.79 Å². The lowest BCUT2D eigenvalue weighted by Gasteiger charge is -2.33. The quantitative estimate of drug-likeness (QED) is 0.830. The highest BCUT2D eigenvalue weighted by atomic mass is 16.2. The molecule has 2 aromatic rings. The number of benzene rings is 1. The molecular weight excluding hydrogens is 390 g/mol. The van der Waals surface area contributed by atoms with Gasteiger partial charge in [0.2, 0.25) is 5.91 Å². The van der Waals surface area contributed by atoms with Crippen LogP contribution in [0.1, 0.15) is 36.4 Å². The van der Waals surface area contributed by atoms with E-state index in [4.69, 9.17) is 0 Å². The molecule has 4 fully saturated rings. The molecule has 31 heavy (non-hydrogen) atoms. The maximum Gasteiger partial charge on any atom is 0.321 e. The fourth-order valence-electron chi connectivity index (χ4n) is 6.34. The predicted octanol–water partition coefficient (Wildman–Crippen LogP) is 2.55. The van der Waals surface area contributed by atoms with Crippen LogP contribution in [0.4, 0.5) is 10.5 Å². The third-order valence-corrected chi connectivity index (χ3v) is 7.67. The van der Waals surface area contributed by atoms with Gasteiger partial charge in [0.25, 0.3) is 0 Å². The number of urea groups is 1. The number of carbonyl (C=O) groups is 2. The number of amides is 3. The van der Waals surface area contributed by atoms with Crippen molar-refractivity contribution in [2.24, 2.45) is 5.92 Å². The molecule has 6 rings (SSSR count). The molecule has 4 aliphatic rings. The molecule has 0 saturated carbocycles. The Kier molecular flexibility index (Phi) is 4.28. The molecular formula is C24H27N5O2. The summed E-state index contributed by atoms with van der Waals surface area (Å²) in [6.45, 7) is 3.85. The zero-order valence-corrected chi connectivity index (χ0v) is 17.5. The summed E-state index contributed by atoms with van der Waals surface area (Å²) in [6.07, 6.45) is 6.68. The molecule has 1 aromatic carbocycles. The van der Waals surface area contributed by atoms with Crippen LogP contribution in [0.3, 0.4) is 0 Å². The monoisotopic (exact) mass is 417 g/mol. The fourth-order valence-corrected chi connectivity index (χ4v) is 6.34. The molecule has 7 heteroatoms. The smallest absolute Gasteiger partial charge is 0.321 e. The van der Waals surface area contributed by atoms with Gasteiger partial charge in [0.1, 0.15) is 5.54 Å². The first kappa shape index (κ1) is 18.8. The number of nitrogens with one attached hydrogen (secondary N) is 1. The minimum absolute atomic E-state index is 0.0269. The van der Waals surface area contributed by atoms with Gasteiger partial charge in [0, 0.05) is 56.2 Å². The van der Waals surface area contributed by atoms with Gasteiger partial charge in [-0.05, 0) is 55.1 Å². The van der Waals surface area contributed by atoms with Crippen molar-refractivity contribution < 1.29 is 9.59 Å². The van der Waals surface area contributed by atoms with E-state index >= 15 is 0 Å². The van der Waals surface area contributed by atoms with Gasteiger partial charge in [0.15, 0.2) is 0 Å². The molecule has 0 bridgehead atoms. The van der Waals surface area contributed by atoms with Crippen molar-refractivity contribution >= 4 is 17.6 Å². The summed E-state index contributed by atoms with van der Waals surface area (Å²) in [4.78, 5) is 36.1. The zero-order chi connectivity index (χ0) is 21.0. The topological polar surface area (TPSA) is 68.8 Å². The lowest BCUT2D eigenvalue weighted by Crippen LogP contribution is -2.49. The Morgan fingerprint density at radius 2 is 2.00 bits per heavy atom. The highest BCUT2D eigenvalue weighted by Gasteiger charge is 2.65. The van der Waals surface area contributed by atoms with Crippen LogP contribution in [0.5, 0.6) is 0 Å². The number of hydrogen-bond acceptors (Lipinski definition) is 4. The minimum atomic E-state index is -0.333. The van der Waals surface area contributed by atoms with Gasteiger partial charge < -0.3 is 10.2 Å². The van der Waals surface area contributed by atoms with Crippen LogP contribution in [-0.4, -0.2) is 58.4 Å². The van der Waals surface area contributed by atoms with Crippen LogP contribution in [0.25, 0.3) is 0 Å². The zero-order valence-electron chi connectivity index (χ0n) is 17.5. The van der Waals surface area contributed by atoms with Crippen molar-refractivity contribution in [3.05, 3.63) is 59.9 Å². The predicted molar refractivity (Wildman–Crippen MR) is 116 cm³/mol. The van der Waals surface area contributed by atoms with Crippen LogP contribution in [-0.2, 0) is 11.3 Å². The molecule has 0 aliphatic carbocycles. The standard InChI is InChI=1S/C24H27N5O2/c30-22-24-8-2-11-29(24)21(13-19(24)16-27(22)15-17-3-1-9-25-14-17)18-4-6-20(7-5-18)28-12-10-26-23(28)31/h1,3-7,9,14,19,21H,2,8,10-13,15-16H2,(H,26,31)/t19-,21-,24-/m0/s1. The van der Waals surface area contributed by atoms with E-state index in [9.17, 15) is 9.59 Å². The summed E-state index contributed by atoms with van der Waals surface area (Å²) in [7, 11) is 0. The Morgan fingerprint density at radius 1 is 1.13 bits per heavy atom. The van der Waals surface area contributed by atoms with E-state index < -0.39 is 0 Å². The third kappa shape index (κ3) is 2.79. The second kappa shape index (κ2) is 7.05. The minimum Gasteiger partial charge on any atom is -0.336 e. The molecule has 5 heterocycles. The number of aromatic nitrogens is 1. The Labute approximate surface area is 182 Å². The molecule has 1 N–H and O–H groups in total. The van der Waals surface area contributed by atoms with Gasteiger partial charge in [0.05, 0.1) is 0 Å². The molecule has 1 spiro atoms. The summed E-state index contributed by atoms with van der Waals surface area (Å²) < 4.78 is 0. The van der Waals surface area contributed by atoms with Crippen molar-refractivity contribution in [2.75, 3.05) is 31.1 Å². The van der Waals surface area contributed by atoms with Crippen LogP contribution >= 0.6 is 0 Å². The molecule has 4 aliphatic heterocycles. The lowest BCUT2D eigenvalue weighted by atomic mass is 9.85. The number of anilines is 1. The van der Waals surface area contributed by atoms with E-state index in [2.05, 4.69) is 27.3 Å². The third-order valence-electron chi connectivity index (χ3n) is 7.67. The Bertz CT molecular complexity index is 1010. The second-order valence-electron chi connectivity index (χ2n) is 9.19. The number of carbonyl (C=O) groups excluding carboxylic acids is 2. The lowest BCUT2D eigenvalue weighted by molar-refractivity contribution is -0.137. The van der Waals surface area contributed by atoms with Gasteiger partial charge in [-0.3, -0.25) is 19.6 Å². The van der Waals surface area contributed by atoms with Crippen LogP contribution in [0, 0.1) is 5.92 Å². The van der Waals surface area contributed by atoms with Crippen molar-refractivity contribution in [3.8, 4) is 0 Å². The van der Waals surface area contributed by atoms with Gasteiger partial charge in [-0.2, -0.15) is 0 Å². The average molecular weight is 418 g/mol. The number of likely N-dealkylation sites (tertiary alicyclic amines) is 1. The summed E-state index contributed by atoms with van der Waals surface area (Å²) in [6, 6.07) is 12.6. The van der Waals surface area contributed by atoms with E-state index in [-0.39, 0.29) is 17.6 Å². The van der Waals surface area contributed by atoms with E-state index in [1.54, 1.807) is 11.1 Å². The first-order chi connectivity index (χ1) is 15.2. The summed E-state index contributed by atoms with van der Waals surface area (Å²) in [5.74, 6) is 0.667.